The molecule has 0 fully saturated rings. The third-order valence-electron chi connectivity index (χ3n) is 3.80. The number of rotatable bonds is 6. The SMILES string of the molecule is CCC(C)N(CC)Cc1ccc2oc(C(=O)O)cc2c1. The van der Waals surface area contributed by atoms with E-state index in [9.17, 15) is 4.79 Å². The molecule has 1 aromatic carbocycles. The van der Waals surface area contributed by atoms with Crippen LogP contribution in [0.2, 0.25) is 0 Å². The highest BCUT2D eigenvalue weighted by atomic mass is 16.4. The monoisotopic (exact) mass is 275 g/mol. The Balaban J connectivity index is 2.24. The topological polar surface area (TPSA) is 53.7 Å². The molecule has 0 aliphatic carbocycles. The lowest BCUT2D eigenvalue weighted by atomic mass is 10.1. The zero-order valence-corrected chi connectivity index (χ0v) is 12.2. The highest BCUT2D eigenvalue weighted by molar-refractivity contribution is 5.91. The number of aromatic carboxylic acids is 1. The van der Waals surface area contributed by atoms with Gasteiger partial charge in [-0.05, 0) is 43.7 Å². The average molecular weight is 275 g/mol. The largest absolute Gasteiger partial charge is 0.475 e. The van der Waals surface area contributed by atoms with E-state index in [1.54, 1.807) is 6.07 Å². The Labute approximate surface area is 119 Å². The minimum atomic E-state index is -1.03. The van der Waals surface area contributed by atoms with E-state index >= 15 is 0 Å². The quantitative estimate of drug-likeness (QED) is 0.872. The fourth-order valence-electron chi connectivity index (χ4n) is 2.37. The summed E-state index contributed by atoms with van der Waals surface area (Å²) in [5, 5.41) is 9.79. The van der Waals surface area contributed by atoms with Gasteiger partial charge in [0.05, 0.1) is 0 Å². The van der Waals surface area contributed by atoms with Crippen molar-refractivity contribution in [3.63, 3.8) is 0 Å². The van der Waals surface area contributed by atoms with Crippen LogP contribution in [0.25, 0.3) is 11.0 Å². The van der Waals surface area contributed by atoms with Crippen molar-refractivity contribution in [2.45, 2.75) is 39.8 Å². The second-order valence-corrected chi connectivity index (χ2v) is 5.11. The second-order valence-electron chi connectivity index (χ2n) is 5.11. The molecule has 4 heteroatoms. The van der Waals surface area contributed by atoms with Crippen molar-refractivity contribution >= 4 is 16.9 Å². The number of hydrogen-bond donors (Lipinski definition) is 1. The van der Waals surface area contributed by atoms with Gasteiger partial charge in [0, 0.05) is 18.0 Å². The molecule has 1 atom stereocenters. The normalized spacial score (nSPS) is 13.0. The summed E-state index contributed by atoms with van der Waals surface area (Å²) in [6, 6.07) is 7.98. The summed E-state index contributed by atoms with van der Waals surface area (Å²) in [5.41, 5.74) is 1.80. The fraction of sp³-hybridized carbons (Fsp3) is 0.438. The van der Waals surface area contributed by atoms with Crippen LogP contribution in [0.1, 0.15) is 43.3 Å². The number of carboxylic acids is 1. The lowest BCUT2D eigenvalue weighted by Crippen LogP contribution is -2.31. The summed E-state index contributed by atoms with van der Waals surface area (Å²) in [6.07, 6.45) is 1.12. The van der Waals surface area contributed by atoms with E-state index in [4.69, 9.17) is 9.52 Å². The summed E-state index contributed by atoms with van der Waals surface area (Å²) >= 11 is 0. The molecular formula is C16H21NO3. The summed E-state index contributed by atoms with van der Waals surface area (Å²) in [7, 11) is 0. The number of carbonyl (C=O) groups is 1. The third kappa shape index (κ3) is 3.02. The second kappa shape index (κ2) is 6.09. The van der Waals surface area contributed by atoms with Gasteiger partial charge in [0.15, 0.2) is 0 Å². The van der Waals surface area contributed by atoms with Crippen LogP contribution in [-0.4, -0.2) is 28.6 Å². The Morgan fingerprint density at radius 2 is 2.10 bits per heavy atom. The van der Waals surface area contributed by atoms with Gasteiger partial charge in [-0.25, -0.2) is 4.79 Å². The Kier molecular flexibility index (Phi) is 4.45. The zero-order valence-electron chi connectivity index (χ0n) is 12.2. The van der Waals surface area contributed by atoms with Crippen molar-refractivity contribution in [2.75, 3.05) is 6.54 Å². The van der Waals surface area contributed by atoms with E-state index in [-0.39, 0.29) is 5.76 Å². The van der Waals surface area contributed by atoms with Crippen LogP contribution in [0.4, 0.5) is 0 Å². The molecule has 0 saturated heterocycles. The Morgan fingerprint density at radius 1 is 1.35 bits per heavy atom. The standard InChI is InChI=1S/C16H21NO3/c1-4-11(3)17(5-2)10-12-6-7-14-13(8-12)9-15(20-14)16(18)19/h6-9,11H,4-5,10H2,1-3H3,(H,18,19). The smallest absolute Gasteiger partial charge is 0.371 e. The predicted octanol–water partition coefficient (Wildman–Crippen LogP) is 3.75. The third-order valence-corrected chi connectivity index (χ3v) is 3.80. The molecule has 1 unspecified atom stereocenters. The molecular weight excluding hydrogens is 254 g/mol. The molecule has 2 rings (SSSR count). The van der Waals surface area contributed by atoms with Gasteiger partial charge < -0.3 is 9.52 Å². The van der Waals surface area contributed by atoms with Crippen molar-refractivity contribution in [1.82, 2.24) is 4.90 Å². The first kappa shape index (κ1) is 14.6. The first-order chi connectivity index (χ1) is 9.55. The summed E-state index contributed by atoms with van der Waals surface area (Å²) in [5.74, 6) is -1.04. The van der Waals surface area contributed by atoms with Gasteiger partial charge in [0.1, 0.15) is 5.58 Å². The zero-order chi connectivity index (χ0) is 14.7. The lowest BCUT2D eigenvalue weighted by Gasteiger charge is -2.26. The number of furan rings is 1. The lowest BCUT2D eigenvalue weighted by molar-refractivity contribution is 0.0665. The molecule has 1 aromatic heterocycles. The van der Waals surface area contributed by atoms with Crippen LogP contribution in [0, 0.1) is 0 Å². The molecule has 0 saturated carbocycles. The van der Waals surface area contributed by atoms with Gasteiger partial charge in [-0.2, -0.15) is 0 Å². The molecule has 0 spiro atoms. The van der Waals surface area contributed by atoms with E-state index in [1.807, 2.05) is 18.2 Å². The van der Waals surface area contributed by atoms with E-state index in [2.05, 4.69) is 25.7 Å². The average Bonchev–Trinajstić information content (AvgIpc) is 2.87. The molecule has 2 aromatic rings. The molecule has 20 heavy (non-hydrogen) atoms. The van der Waals surface area contributed by atoms with E-state index < -0.39 is 5.97 Å². The molecule has 108 valence electrons. The molecule has 0 radical (unpaired) electrons. The summed E-state index contributed by atoms with van der Waals surface area (Å²) in [6.45, 7) is 8.44. The minimum absolute atomic E-state index is 0.00794. The highest BCUT2D eigenvalue weighted by Crippen LogP contribution is 2.22. The van der Waals surface area contributed by atoms with Crippen molar-refractivity contribution in [2.24, 2.45) is 0 Å². The fourth-order valence-corrected chi connectivity index (χ4v) is 2.37. The molecule has 4 nitrogen and oxygen atoms in total. The van der Waals surface area contributed by atoms with Crippen molar-refractivity contribution < 1.29 is 14.3 Å². The van der Waals surface area contributed by atoms with Crippen molar-refractivity contribution in [1.29, 1.82) is 0 Å². The van der Waals surface area contributed by atoms with Crippen LogP contribution >= 0.6 is 0 Å². The Hall–Kier alpha value is -1.81. The highest BCUT2D eigenvalue weighted by Gasteiger charge is 2.13. The maximum Gasteiger partial charge on any atom is 0.371 e. The number of carboxylic acid groups (broad SMARTS) is 1. The predicted molar refractivity (Wildman–Crippen MR) is 79.0 cm³/mol. The first-order valence-corrected chi connectivity index (χ1v) is 7.05. The van der Waals surface area contributed by atoms with Crippen LogP contribution in [0.3, 0.4) is 0 Å². The van der Waals surface area contributed by atoms with Crippen molar-refractivity contribution in [3.8, 4) is 0 Å². The number of benzene rings is 1. The minimum Gasteiger partial charge on any atom is -0.475 e. The van der Waals surface area contributed by atoms with E-state index in [0.29, 0.717) is 11.6 Å². The van der Waals surface area contributed by atoms with Gasteiger partial charge in [-0.3, -0.25) is 4.90 Å². The molecule has 0 bridgehead atoms. The van der Waals surface area contributed by atoms with Gasteiger partial charge in [0.2, 0.25) is 5.76 Å². The van der Waals surface area contributed by atoms with Gasteiger partial charge in [-0.15, -0.1) is 0 Å². The maximum absolute atomic E-state index is 10.9. The maximum atomic E-state index is 10.9. The number of hydrogen-bond acceptors (Lipinski definition) is 3. The van der Waals surface area contributed by atoms with Gasteiger partial charge in [-0.1, -0.05) is 19.9 Å². The molecule has 0 amide bonds. The van der Waals surface area contributed by atoms with E-state index in [0.717, 1.165) is 24.9 Å². The van der Waals surface area contributed by atoms with Crippen molar-refractivity contribution in [3.05, 3.63) is 35.6 Å². The summed E-state index contributed by atoms with van der Waals surface area (Å²) < 4.78 is 5.27. The summed E-state index contributed by atoms with van der Waals surface area (Å²) in [4.78, 5) is 13.3. The Morgan fingerprint density at radius 3 is 2.70 bits per heavy atom. The van der Waals surface area contributed by atoms with Crippen LogP contribution < -0.4 is 0 Å². The molecule has 1 heterocycles. The van der Waals surface area contributed by atoms with Crippen LogP contribution in [0.5, 0.6) is 0 Å². The first-order valence-electron chi connectivity index (χ1n) is 7.05. The number of nitrogens with zero attached hydrogens (tertiary/aromatic N) is 1. The van der Waals surface area contributed by atoms with Crippen LogP contribution in [-0.2, 0) is 6.54 Å². The van der Waals surface area contributed by atoms with Crippen LogP contribution in [0.15, 0.2) is 28.7 Å². The Bertz CT molecular complexity index is 603. The molecule has 1 N–H and O–H groups in total. The number of fused-ring (bicyclic) bond motifs is 1. The molecule has 0 aliphatic heterocycles. The van der Waals surface area contributed by atoms with E-state index in [1.165, 1.54) is 5.56 Å². The van der Waals surface area contributed by atoms with Gasteiger partial charge in [0.25, 0.3) is 0 Å². The van der Waals surface area contributed by atoms with Gasteiger partial charge >= 0.3 is 5.97 Å². The molecule has 0 aliphatic rings.